The molecule has 3 nitrogen and oxygen atoms in total. The van der Waals surface area contributed by atoms with Crippen LogP contribution in [-0.4, -0.2) is 21.7 Å². The van der Waals surface area contributed by atoms with Gasteiger partial charge in [-0.1, -0.05) is 18.2 Å². The average Bonchev–Trinajstić information content (AvgIpc) is 2.18. The molecule has 0 aliphatic carbocycles. The summed E-state index contributed by atoms with van der Waals surface area (Å²) in [5.74, 6) is 0.908. The normalized spacial score (nSPS) is 11.7. The molecule has 0 atom stereocenters. The van der Waals surface area contributed by atoms with Crippen LogP contribution in [0.2, 0.25) is 0 Å². The van der Waals surface area contributed by atoms with Crippen molar-refractivity contribution >= 4 is 19.4 Å². The number of aryl methyl sites for hydroxylation is 1. The minimum Gasteiger partial charge on any atom is -0.324 e. The first-order valence-corrected chi connectivity index (χ1v) is 8.00. The molecule has 0 heterocycles. The predicted octanol–water partition coefficient (Wildman–Crippen LogP) is 3.05. The van der Waals surface area contributed by atoms with Gasteiger partial charge in [-0.25, -0.2) is 0 Å². The van der Waals surface area contributed by atoms with Crippen molar-refractivity contribution in [3.63, 3.8) is 0 Å². The maximum atomic E-state index is 10.6. The molecule has 0 aromatic heterocycles. The van der Waals surface area contributed by atoms with Gasteiger partial charge in [-0.15, -0.1) is 11.8 Å². The third-order valence-corrected chi connectivity index (χ3v) is 4.36. The minimum absolute atomic E-state index is 0.00132. The van der Waals surface area contributed by atoms with E-state index in [-0.39, 0.29) is 6.16 Å². The first-order chi connectivity index (χ1) is 7.49. The summed E-state index contributed by atoms with van der Waals surface area (Å²) in [6, 6.07) is 8.15. The van der Waals surface area contributed by atoms with Crippen LogP contribution in [0.25, 0.3) is 0 Å². The van der Waals surface area contributed by atoms with E-state index in [0.29, 0.717) is 6.42 Å². The van der Waals surface area contributed by atoms with E-state index in [1.807, 2.05) is 12.1 Å². The highest BCUT2D eigenvalue weighted by molar-refractivity contribution is 7.99. The SMILES string of the molecule is Cc1ccccc1SCCCCP(=O)(O)O. The van der Waals surface area contributed by atoms with Gasteiger partial charge in [-0.05, 0) is 37.1 Å². The maximum Gasteiger partial charge on any atom is 0.325 e. The van der Waals surface area contributed by atoms with E-state index in [1.165, 1.54) is 10.5 Å². The Balaban J connectivity index is 2.22. The van der Waals surface area contributed by atoms with Gasteiger partial charge in [0.05, 0.1) is 0 Å². The fraction of sp³-hybridized carbons (Fsp3) is 0.455. The molecule has 0 aliphatic heterocycles. The molecular formula is C11H17O3PS. The van der Waals surface area contributed by atoms with Crippen LogP contribution in [0.15, 0.2) is 29.2 Å². The molecule has 0 saturated carbocycles. The number of hydrogen-bond acceptors (Lipinski definition) is 2. The Hall–Kier alpha value is -0.280. The van der Waals surface area contributed by atoms with Gasteiger partial charge in [0, 0.05) is 11.1 Å². The van der Waals surface area contributed by atoms with Crippen molar-refractivity contribution in [3.05, 3.63) is 29.8 Å². The molecule has 2 N–H and O–H groups in total. The first kappa shape index (κ1) is 13.8. The highest BCUT2D eigenvalue weighted by Crippen LogP contribution is 2.35. The van der Waals surface area contributed by atoms with Gasteiger partial charge in [-0.2, -0.15) is 0 Å². The lowest BCUT2D eigenvalue weighted by Crippen LogP contribution is -1.90. The molecule has 1 aromatic carbocycles. The topological polar surface area (TPSA) is 57.5 Å². The summed E-state index contributed by atoms with van der Waals surface area (Å²) in [7, 11) is -3.80. The van der Waals surface area contributed by atoms with Gasteiger partial charge in [0.1, 0.15) is 0 Å². The highest BCUT2D eigenvalue weighted by Gasteiger charge is 2.11. The number of unbranched alkanes of at least 4 members (excludes halogenated alkanes) is 1. The van der Waals surface area contributed by atoms with Crippen LogP contribution in [0.5, 0.6) is 0 Å². The van der Waals surface area contributed by atoms with Crippen LogP contribution >= 0.6 is 19.4 Å². The van der Waals surface area contributed by atoms with Gasteiger partial charge >= 0.3 is 7.60 Å². The molecular weight excluding hydrogens is 243 g/mol. The monoisotopic (exact) mass is 260 g/mol. The number of hydrogen-bond donors (Lipinski definition) is 2. The fourth-order valence-electron chi connectivity index (χ4n) is 1.32. The lowest BCUT2D eigenvalue weighted by atomic mass is 10.2. The molecule has 5 heteroatoms. The quantitative estimate of drug-likeness (QED) is 0.469. The maximum absolute atomic E-state index is 10.6. The van der Waals surface area contributed by atoms with Gasteiger partial charge < -0.3 is 9.79 Å². The summed E-state index contributed by atoms with van der Waals surface area (Å²) in [6.45, 7) is 2.07. The van der Waals surface area contributed by atoms with Crippen LogP contribution < -0.4 is 0 Å². The molecule has 0 aliphatic rings. The van der Waals surface area contributed by atoms with Crippen LogP contribution in [0.4, 0.5) is 0 Å². The van der Waals surface area contributed by atoms with E-state index in [9.17, 15) is 4.57 Å². The lowest BCUT2D eigenvalue weighted by molar-refractivity contribution is 0.371. The van der Waals surface area contributed by atoms with Crippen molar-refractivity contribution in [3.8, 4) is 0 Å². The summed E-state index contributed by atoms with van der Waals surface area (Å²) < 4.78 is 10.6. The van der Waals surface area contributed by atoms with E-state index in [0.717, 1.165) is 12.2 Å². The van der Waals surface area contributed by atoms with E-state index in [4.69, 9.17) is 9.79 Å². The predicted molar refractivity (Wildman–Crippen MR) is 68.0 cm³/mol. The molecule has 1 rings (SSSR count). The lowest BCUT2D eigenvalue weighted by Gasteiger charge is -2.05. The second-order valence-corrected chi connectivity index (χ2v) is 6.62. The Morgan fingerprint density at radius 2 is 1.94 bits per heavy atom. The van der Waals surface area contributed by atoms with E-state index in [1.54, 1.807) is 11.8 Å². The Labute approximate surface area is 100 Å². The summed E-state index contributed by atoms with van der Waals surface area (Å²) >= 11 is 1.74. The smallest absolute Gasteiger partial charge is 0.324 e. The molecule has 0 bridgehead atoms. The molecule has 90 valence electrons. The minimum atomic E-state index is -3.80. The largest absolute Gasteiger partial charge is 0.325 e. The zero-order valence-electron chi connectivity index (χ0n) is 9.30. The Kier molecular flexibility index (Phi) is 5.56. The molecule has 0 saturated heterocycles. The van der Waals surface area contributed by atoms with Crippen molar-refractivity contribution in [2.24, 2.45) is 0 Å². The van der Waals surface area contributed by atoms with Crippen LogP contribution in [0.3, 0.4) is 0 Å². The Morgan fingerprint density at radius 1 is 1.25 bits per heavy atom. The van der Waals surface area contributed by atoms with Crippen LogP contribution in [-0.2, 0) is 4.57 Å². The molecule has 0 amide bonds. The van der Waals surface area contributed by atoms with Gasteiger partial charge in [-0.3, -0.25) is 4.57 Å². The average molecular weight is 260 g/mol. The highest BCUT2D eigenvalue weighted by atomic mass is 32.2. The van der Waals surface area contributed by atoms with Crippen LogP contribution in [0.1, 0.15) is 18.4 Å². The summed E-state index contributed by atoms with van der Waals surface area (Å²) in [5, 5.41) is 0. The van der Waals surface area contributed by atoms with Crippen molar-refractivity contribution in [1.82, 2.24) is 0 Å². The fourth-order valence-corrected chi connectivity index (χ4v) is 2.99. The standard InChI is InChI=1S/C11H17O3PS/c1-10-6-2-3-7-11(10)16-9-5-4-8-15(12,13)14/h2-3,6-7H,4-5,8-9H2,1H3,(H2,12,13,14). The van der Waals surface area contributed by atoms with Crippen molar-refractivity contribution in [2.75, 3.05) is 11.9 Å². The molecule has 0 unspecified atom stereocenters. The number of thioether (sulfide) groups is 1. The van der Waals surface area contributed by atoms with Crippen molar-refractivity contribution in [1.29, 1.82) is 0 Å². The van der Waals surface area contributed by atoms with Gasteiger partial charge in [0.15, 0.2) is 0 Å². The summed E-state index contributed by atoms with van der Waals surface area (Å²) in [4.78, 5) is 18.6. The first-order valence-electron chi connectivity index (χ1n) is 5.22. The van der Waals surface area contributed by atoms with E-state index in [2.05, 4.69) is 19.1 Å². The summed E-state index contributed by atoms with van der Waals surface area (Å²) in [5.41, 5.74) is 1.25. The zero-order chi connectivity index (χ0) is 12.0. The van der Waals surface area contributed by atoms with Crippen molar-refractivity contribution in [2.45, 2.75) is 24.7 Å². The molecule has 0 fully saturated rings. The Bertz CT molecular complexity index is 375. The zero-order valence-corrected chi connectivity index (χ0v) is 11.0. The molecule has 16 heavy (non-hydrogen) atoms. The molecule has 1 aromatic rings. The van der Waals surface area contributed by atoms with E-state index < -0.39 is 7.60 Å². The Morgan fingerprint density at radius 3 is 2.56 bits per heavy atom. The van der Waals surface area contributed by atoms with Crippen molar-refractivity contribution < 1.29 is 14.4 Å². The van der Waals surface area contributed by atoms with Gasteiger partial charge in [0.25, 0.3) is 0 Å². The van der Waals surface area contributed by atoms with Crippen LogP contribution in [0, 0.1) is 6.92 Å². The summed E-state index contributed by atoms with van der Waals surface area (Å²) in [6.07, 6.45) is 1.43. The molecule has 0 radical (unpaired) electrons. The number of rotatable bonds is 6. The third-order valence-electron chi connectivity index (χ3n) is 2.19. The van der Waals surface area contributed by atoms with E-state index >= 15 is 0 Å². The molecule has 0 spiro atoms. The third kappa shape index (κ3) is 5.71. The van der Waals surface area contributed by atoms with Gasteiger partial charge in [0.2, 0.25) is 0 Å². The second-order valence-electron chi connectivity index (χ2n) is 3.71. The second kappa shape index (κ2) is 6.45. The number of benzene rings is 1.